The number of nitrogens with two attached hydrogens (primary N) is 1. The topological polar surface area (TPSA) is 238 Å². The van der Waals surface area contributed by atoms with Crippen LogP contribution in [0, 0.1) is 74.2 Å². The van der Waals surface area contributed by atoms with Gasteiger partial charge in [-0.25, -0.2) is 78.2 Å². The Morgan fingerprint density at radius 2 is 0.925 bits per heavy atom. The van der Waals surface area contributed by atoms with Gasteiger partial charge < -0.3 is 68.3 Å². The Labute approximate surface area is 626 Å². The molecule has 4 aromatic heterocycles. The molecule has 0 unspecified atom stereocenters. The van der Waals surface area contributed by atoms with Crippen molar-refractivity contribution >= 4 is 70.7 Å². The Morgan fingerprint density at radius 3 is 1.36 bits per heavy atom. The quantitative estimate of drug-likeness (QED) is 0.0412. The van der Waals surface area contributed by atoms with Crippen LogP contribution in [0.15, 0.2) is 135 Å². The summed E-state index contributed by atoms with van der Waals surface area (Å²) < 4.78 is 156. The molecule has 4 aliphatic heterocycles. The molecule has 21 nitrogen and oxygen atoms in total. The number of carbonyl (C=O) groups excluding carboxylic acids is 3. The molecule has 4 aliphatic rings. The van der Waals surface area contributed by atoms with Gasteiger partial charge in [-0.2, -0.15) is 0 Å². The molecule has 0 saturated heterocycles. The van der Waals surface area contributed by atoms with Gasteiger partial charge in [-0.15, -0.1) is 6.42 Å². The Hall–Kier alpha value is -10.4. The largest absolute Gasteiger partial charge is 0.491 e. The van der Waals surface area contributed by atoms with Crippen LogP contribution in [0.25, 0.3) is 33.8 Å². The summed E-state index contributed by atoms with van der Waals surface area (Å²) in [4.78, 5) is 58.4. The summed E-state index contributed by atoms with van der Waals surface area (Å²) in [5.41, 5.74) is 9.78. The molecule has 0 aliphatic carbocycles. The summed E-state index contributed by atoms with van der Waals surface area (Å²) in [5.74, 6) is -4.31. The van der Waals surface area contributed by atoms with E-state index in [-0.39, 0.29) is 52.1 Å². The molecule has 8 heterocycles. The van der Waals surface area contributed by atoms with Crippen LogP contribution in [0.5, 0.6) is 5.75 Å². The van der Waals surface area contributed by atoms with E-state index in [4.69, 9.17) is 48.0 Å². The number of nitrogen functional groups attached to an aromatic ring is 1. The van der Waals surface area contributed by atoms with E-state index >= 15 is 0 Å². The van der Waals surface area contributed by atoms with Crippen molar-refractivity contribution in [1.29, 1.82) is 0 Å². The Kier molecular flexibility index (Phi) is 26.6. The zero-order chi connectivity index (χ0) is 77.8. The molecule has 107 heavy (non-hydrogen) atoms. The average Bonchev–Trinajstić information content (AvgIpc) is 1.40. The smallest absolute Gasteiger partial charge is 0.444 e. The van der Waals surface area contributed by atoms with Crippen LogP contribution < -0.4 is 21.3 Å². The van der Waals surface area contributed by atoms with Crippen molar-refractivity contribution in [3.8, 4) is 51.9 Å². The van der Waals surface area contributed by atoms with Crippen LogP contribution in [0.1, 0.15) is 69.9 Å². The highest BCUT2D eigenvalue weighted by Crippen LogP contribution is 2.33. The van der Waals surface area contributed by atoms with Crippen LogP contribution in [0.3, 0.4) is 0 Å². The number of nitrogens with zero attached hydrogens (tertiary/aromatic N) is 11. The fourth-order valence-corrected chi connectivity index (χ4v) is 11.6. The van der Waals surface area contributed by atoms with Gasteiger partial charge in [-0.05, 0) is 143 Å². The fourth-order valence-electron chi connectivity index (χ4n) is 10.8. The van der Waals surface area contributed by atoms with Crippen molar-refractivity contribution in [2.75, 3.05) is 31.9 Å². The molecule has 10 aromatic rings. The highest BCUT2D eigenvalue weighted by atomic mass is 127. The van der Waals surface area contributed by atoms with Crippen LogP contribution >= 0.6 is 34.2 Å². The lowest BCUT2D eigenvalue weighted by molar-refractivity contribution is 0.0189. The first-order valence-corrected chi connectivity index (χ1v) is 34.2. The zero-order valence-corrected chi connectivity index (χ0v) is 61.1. The predicted octanol–water partition coefficient (Wildman–Crippen LogP) is 13.4. The average molecular weight is 1620 g/mol. The van der Waals surface area contributed by atoms with E-state index < -0.39 is 88.7 Å². The molecule has 6 aromatic carbocycles. The van der Waals surface area contributed by atoms with Gasteiger partial charge in [0.2, 0.25) is 0 Å². The maximum atomic E-state index is 14.2. The molecule has 0 fully saturated rings. The standard InChI is InChI=1S/C21H14F3N3O2.C17H19F2N3O2.C12H11F2N3.C11H16IN3O2.C6H5BF2O2.C6H5ClFN/c1-2-13-9-15(4-6-17(13)23)29-21(28)26-7-8-27-12-25-20(19(27)11-26)16-5-3-14(22)10-18(16)24;1-17(2,3)24-16(23)21-6-7-22-10-20-15(14(22)9-21)12-5-4-11(18)8-13(12)19;13-8-1-2-9(10(14)5-8)12-11-6-15-3-4-17(11)7-16-12;1-11(2,3)17-10(16)14-4-5-15-7-13-9(12)8(15)6-14;8-4-1-2-5(7(10)11)6(9)3-4;7-5-3-4(9)1-2-6(5)8/h1,3-6,9-10,12H,7-8,11H2;4-5,8,10H,6-7,9H2,1-3H3;1-2,5,7,15H,3-4,6H2;7H,4-6H2,1-3H3;1-3,10-11H;1-3H,9H2. The number of carbonyl (C=O) groups is 3. The van der Waals surface area contributed by atoms with Gasteiger partial charge in [-0.3, -0.25) is 0 Å². The number of nitrogens with one attached hydrogen (secondary N) is 1. The third-order valence-electron chi connectivity index (χ3n) is 16.0. The lowest BCUT2D eigenvalue weighted by Gasteiger charge is -2.31. The first-order valence-electron chi connectivity index (χ1n) is 32.7. The molecule has 0 bridgehead atoms. The van der Waals surface area contributed by atoms with Crippen molar-refractivity contribution in [2.24, 2.45) is 0 Å². The summed E-state index contributed by atoms with van der Waals surface area (Å²) in [7, 11) is -1.89. The Balaban J connectivity index is 0.000000154. The molecular formula is C73H70BClF10IN13O8. The number of ether oxygens (including phenoxy) is 3. The number of benzene rings is 6. The van der Waals surface area contributed by atoms with Gasteiger partial charge in [0.15, 0.2) is 0 Å². The number of terminal acetylenes is 1. The van der Waals surface area contributed by atoms with Crippen molar-refractivity contribution < 1.29 is 82.5 Å². The molecule has 14 rings (SSSR count). The number of imidazole rings is 4. The van der Waals surface area contributed by atoms with E-state index in [1.54, 1.807) is 54.1 Å². The van der Waals surface area contributed by atoms with Crippen LogP contribution in [0.4, 0.5) is 64.0 Å². The number of rotatable bonds is 5. The number of fused-ring (bicyclic) bond motifs is 4. The number of hydrogen-bond acceptors (Lipinski definition) is 14. The number of anilines is 1. The molecule has 0 radical (unpaired) electrons. The molecule has 0 atom stereocenters. The summed E-state index contributed by atoms with van der Waals surface area (Å²) in [5, 5.41) is 20.3. The van der Waals surface area contributed by atoms with Gasteiger partial charge in [0.05, 0.1) is 95.4 Å². The second-order valence-corrected chi connectivity index (χ2v) is 27.4. The van der Waals surface area contributed by atoms with Crippen molar-refractivity contribution in [3.63, 3.8) is 0 Å². The van der Waals surface area contributed by atoms with Gasteiger partial charge >= 0.3 is 25.4 Å². The zero-order valence-electron chi connectivity index (χ0n) is 58.2. The lowest BCUT2D eigenvalue weighted by Crippen LogP contribution is -2.41. The third-order valence-corrected chi connectivity index (χ3v) is 17.2. The Bertz CT molecular complexity index is 4910. The molecule has 562 valence electrons. The molecule has 3 amide bonds. The van der Waals surface area contributed by atoms with Crippen molar-refractivity contribution in [1.82, 2.24) is 58.2 Å². The Morgan fingerprint density at radius 1 is 0.514 bits per heavy atom. The molecule has 34 heteroatoms. The highest BCUT2D eigenvalue weighted by molar-refractivity contribution is 14.1. The maximum Gasteiger partial charge on any atom is 0.491 e. The second kappa shape index (κ2) is 35.3. The number of aromatic nitrogens is 8. The second-order valence-electron chi connectivity index (χ2n) is 26.0. The van der Waals surface area contributed by atoms with E-state index in [9.17, 15) is 58.3 Å². The van der Waals surface area contributed by atoms with Crippen LogP contribution in [-0.2, 0) is 61.8 Å². The first kappa shape index (κ1) is 80.7. The van der Waals surface area contributed by atoms with E-state index in [0.29, 0.717) is 91.6 Å². The van der Waals surface area contributed by atoms with Crippen LogP contribution in [0.2, 0.25) is 5.02 Å². The summed E-state index contributed by atoms with van der Waals surface area (Å²) >= 11 is 7.55. The summed E-state index contributed by atoms with van der Waals surface area (Å²) in [6.07, 6.45) is 10.6. The lowest BCUT2D eigenvalue weighted by atomic mass is 9.80. The minimum absolute atomic E-state index is 0.0129. The minimum Gasteiger partial charge on any atom is -0.444 e. The van der Waals surface area contributed by atoms with E-state index in [0.717, 1.165) is 77.2 Å². The predicted molar refractivity (Wildman–Crippen MR) is 385 cm³/mol. The SMILES string of the molecule is C#Cc1cc(OC(=O)N2CCn3cnc(-c4ccc(F)cc4F)c3C2)ccc1F.CC(C)(C)OC(=O)N1CCn2cnc(-c3ccc(F)cc3F)c2C1.CC(C)(C)OC(=O)N1CCn2cnc(I)c2C1.Fc1ccc(-c2ncn3c2CNCC3)c(F)c1.Nc1ccc(F)c(Cl)c1.OB(O)c1ccc(F)cc1F. The monoisotopic (exact) mass is 1620 g/mol. The third kappa shape index (κ3) is 21.4. The number of halogens is 12. The molecule has 0 spiro atoms. The molecule has 5 N–H and O–H groups in total. The van der Waals surface area contributed by atoms with Crippen molar-refractivity contribution in [3.05, 3.63) is 230 Å². The van der Waals surface area contributed by atoms with Gasteiger partial charge in [0.1, 0.15) is 78.8 Å². The number of hydrogen-bond donors (Lipinski definition) is 4. The van der Waals surface area contributed by atoms with E-state index in [2.05, 4.69) is 58.3 Å². The summed E-state index contributed by atoms with van der Waals surface area (Å²) in [6.45, 7) is 17.6. The normalized spacial score (nSPS) is 13.4. The minimum atomic E-state index is -1.89. The van der Waals surface area contributed by atoms with Gasteiger partial charge in [0, 0.05) is 111 Å². The summed E-state index contributed by atoms with van der Waals surface area (Å²) in [6, 6.07) is 20.5. The highest BCUT2D eigenvalue weighted by Gasteiger charge is 2.32. The van der Waals surface area contributed by atoms with Crippen molar-refractivity contribution in [2.45, 2.75) is 105 Å². The first-order chi connectivity index (χ1) is 50.6. The number of amides is 3. The van der Waals surface area contributed by atoms with Gasteiger partial charge in [0.25, 0.3) is 0 Å². The maximum absolute atomic E-state index is 14.2. The van der Waals surface area contributed by atoms with E-state index in [1.807, 2.05) is 36.2 Å². The van der Waals surface area contributed by atoms with Crippen LogP contribution in [-0.4, -0.2) is 126 Å². The van der Waals surface area contributed by atoms with Gasteiger partial charge in [-0.1, -0.05) is 23.6 Å². The molecule has 0 saturated carbocycles. The fraction of sp³-hybridized carbons (Fsp3) is 0.274. The molecular weight excluding hydrogens is 1550 g/mol. The van der Waals surface area contributed by atoms with E-state index in [1.165, 1.54) is 65.6 Å².